The zero-order valence-electron chi connectivity index (χ0n) is 15.0. The van der Waals surface area contributed by atoms with Gasteiger partial charge in [0.2, 0.25) is 5.91 Å². The minimum Gasteiger partial charge on any atom is -0.273 e. The molecule has 0 bridgehead atoms. The van der Waals surface area contributed by atoms with Gasteiger partial charge in [-0.15, -0.1) is 0 Å². The molecule has 6 heteroatoms. The lowest BCUT2D eigenvalue weighted by atomic mass is 9.92. The standard InChI is InChI=1S/C21H21ClN2O3/c1-2-3-9-17-18-19(27-24(17)16-7-5-4-6-8-16)21(26)23(20(18)25)15-12-10-14(22)11-13-15/h4-8,10-13,17-19H,2-3,9H2,1H3/t17-,18-,19-/m1/s1. The van der Waals surface area contributed by atoms with Crippen molar-refractivity contribution in [1.82, 2.24) is 0 Å². The normalized spacial score (nSPS) is 24.6. The third kappa shape index (κ3) is 3.11. The fourth-order valence-corrected chi connectivity index (χ4v) is 4.00. The Hall–Kier alpha value is -2.37. The van der Waals surface area contributed by atoms with Crippen molar-refractivity contribution in [3.05, 3.63) is 59.6 Å². The van der Waals surface area contributed by atoms with Gasteiger partial charge in [0.15, 0.2) is 6.10 Å². The number of unbranched alkanes of at least 4 members (excludes halogenated alkanes) is 1. The molecule has 2 aromatic rings. The molecule has 2 aliphatic rings. The van der Waals surface area contributed by atoms with Gasteiger partial charge >= 0.3 is 0 Å². The van der Waals surface area contributed by atoms with Crippen molar-refractivity contribution in [2.75, 3.05) is 9.96 Å². The van der Waals surface area contributed by atoms with Crippen molar-refractivity contribution >= 4 is 34.8 Å². The highest BCUT2D eigenvalue weighted by Crippen LogP contribution is 2.42. The first-order valence-electron chi connectivity index (χ1n) is 9.26. The highest BCUT2D eigenvalue weighted by Gasteiger charge is 2.59. The zero-order chi connectivity index (χ0) is 19.0. The molecule has 0 saturated carbocycles. The highest BCUT2D eigenvalue weighted by molar-refractivity contribution is 6.31. The highest BCUT2D eigenvalue weighted by atomic mass is 35.5. The molecule has 0 spiro atoms. The van der Waals surface area contributed by atoms with Gasteiger partial charge in [-0.1, -0.05) is 49.6 Å². The van der Waals surface area contributed by atoms with E-state index in [4.69, 9.17) is 16.4 Å². The summed E-state index contributed by atoms with van der Waals surface area (Å²) >= 11 is 5.93. The number of nitrogens with zero attached hydrogens (tertiary/aromatic N) is 2. The van der Waals surface area contributed by atoms with E-state index in [0.717, 1.165) is 24.9 Å². The number of hydrogen-bond donors (Lipinski definition) is 0. The molecule has 0 aromatic heterocycles. The third-order valence-electron chi connectivity index (χ3n) is 5.19. The van der Waals surface area contributed by atoms with Crippen LogP contribution in [0.3, 0.4) is 0 Å². The summed E-state index contributed by atoms with van der Waals surface area (Å²) < 4.78 is 0. The number of carbonyl (C=O) groups is 2. The number of carbonyl (C=O) groups excluding carboxylic acids is 2. The third-order valence-corrected chi connectivity index (χ3v) is 5.44. The number of imide groups is 1. The van der Waals surface area contributed by atoms with Crippen molar-refractivity contribution in [1.29, 1.82) is 0 Å². The van der Waals surface area contributed by atoms with Crippen molar-refractivity contribution < 1.29 is 14.4 Å². The van der Waals surface area contributed by atoms with Crippen LogP contribution in [-0.2, 0) is 14.4 Å². The van der Waals surface area contributed by atoms with Crippen LogP contribution in [0.15, 0.2) is 54.6 Å². The number of benzene rings is 2. The Morgan fingerprint density at radius 1 is 0.963 bits per heavy atom. The molecule has 3 atom stereocenters. The first-order valence-corrected chi connectivity index (χ1v) is 9.64. The van der Waals surface area contributed by atoms with Crippen LogP contribution in [-0.4, -0.2) is 24.0 Å². The average Bonchev–Trinajstić information content (AvgIpc) is 3.18. The molecule has 140 valence electrons. The summed E-state index contributed by atoms with van der Waals surface area (Å²) in [5.74, 6) is -1.01. The maximum absolute atomic E-state index is 13.2. The summed E-state index contributed by atoms with van der Waals surface area (Å²) in [5, 5.41) is 2.32. The molecule has 0 aliphatic carbocycles. The number of hydroxylamine groups is 1. The summed E-state index contributed by atoms with van der Waals surface area (Å²) in [4.78, 5) is 33.5. The van der Waals surface area contributed by atoms with Crippen LogP contribution in [0.2, 0.25) is 5.02 Å². The lowest BCUT2D eigenvalue weighted by molar-refractivity contribution is -0.126. The largest absolute Gasteiger partial charge is 0.273 e. The van der Waals surface area contributed by atoms with Gasteiger partial charge in [0.25, 0.3) is 5.91 Å². The molecule has 2 saturated heterocycles. The van der Waals surface area contributed by atoms with Gasteiger partial charge in [-0.05, 0) is 42.8 Å². The molecule has 4 rings (SSSR count). The van der Waals surface area contributed by atoms with Gasteiger partial charge in [0.05, 0.1) is 23.3 Å². The number of anilines is 2. The van der Waals surface area contributed by atoms with Crippen molar-refractivity contribution in [2.45, 2.75) is 38.3 Å². The summed E-state index contributed by atoms with van der Waals surface area (Å²) in [7, 11) is 0. The molecule has 0 radical (unpaired) electrons. The maximum atomic E-state index is 13.2. The second kappa shape index (κ2) is 7.33. The molecule has 2 aromatic carbocycles. The van der Waals surface area contributed by atoms with Crippen molar-refractivity contribution in [3.8, 4) is 0 Å². The number of rotatable bonds is 5. The Balaban J connectivity index is 1.66. The quantitative estimate of drug-likeness (QED) is 0.724. The van der Waals surface area contributed by atoms with Crippen LogP contribution in [0.4, 0.5) is 11.4 Å². The number of para-hydroxylation sites is 1. The second-order valence-electron chi connectivity index (χ2n) is 6.91. The van der Waals surface area contributed by atoms with E-state index in [1.165, 1.54) is 4.90 Å². The van der Waals surface area contributed by atoms with Crippen LogP contribution in [0.1, 0.15) is 26.2 Å². The summed E-state index contributed by atoms with van der Waals surface area (Å²) in [6, 6.07) is 16.2. The summed E-state index contributed by atoms with van der Waals surface area (Å²) in [6.07, 6.45) is 1.98. The number of fused-ring (bicyclic) bond motifs is 1. The SMILES string of the molecule is CCCC[C@@H]1[C@H]2C(=O)N(c3ccc(Cl)cc3)C(=O)[C@@H]2ON1c1ccccc1. The van der Waals surface area contributed by atoms with Crippen LogP contribution < -0.4 is 9.96 Å². The number of amides is 2. The van der Waals surface area contributed by atoms with Crippen LogP contribution >= 0.6 is 11.6 Å². The Bertz CT molecular complexity index is 840. The van der Waals surface area contributed by atoms with Crippen molar-refractivity contribution in [2.24, 2.45) is 5.92 Å². The van der Waals surface area contributed by atoms with E-state index in [1.54, 1.807) is 29.3 Å². The minimum atomic E-state index is -0.782. The van der Waals surface area contributed by atoms with E-state index in [2.05, 4.69) is 6.92 Å². The summed E-state index contributed by atoms with van der Waals surface area (Å²) in [5.41, 5.74) is 1.40. The van der Waals surface area contributed by atoms with E-state index in [1.807, 2.05) is 30.3 Å². The van der Waals surface area contributed by atoms with Crippen LogP contribution in [0.25, 0.3) is 0 Å². The van der Waals surface area contributed by atoms with Crippen LogP contribution in [0.5, 0.6) is 0 Å². The molecule has 2 aliphatic heterocycles. The lowest BCUT2D eigenvalue weighted by Gasteiger charge is -2.28. The predicted octanol–water partition coefficient (Wildman–Crippen LogP) is 4.21. The Morgan fingerprint density at radius 3 is 2.33 bits per heavy atom. The molecule has 2 heterocycles. The molecular formula is C21H21ClN2O3. The van der Waals surface area contributed by atoms with Gasteiger partial charge in [-0.2, -0.15) is 0 Å². The minimum absolute atomic E-state index is 0.161. The smallest absolute Gasteiger partial charge is 0.266 e. The molecule has 5 nitrogen and oxygen atoms in total. The lowest BCUT2D eigenvalue weighted by Crippen LogP contribution is -2.40. The molecule has 0 unspecified atom stereocenters. The van der Waals surface area contributed by atoms with Gasteiger partial charge in [0.1, 0.15) is 0 Å². The maximum Gasteiger partial charge on any atom is 0.266 e. The first-order chi connectivity index (χ1) is 13.1. The van der Waals surface area contributed by atoms with Gasteiger partial charge < -0.3 is 0 Å². The van der Waals surface area contributed by atoms with E-state index >= 15 is 0 Å². The Labute approximate surface area is 163 Å². The fraction of sp³-hybridized carbons (Fsp3) is 0.333. The van der Waals surface area contributed by atoms with Crippen molar-refractivity contribution in [3.63, 3.8) is 0 Å². The zero-order valence-corrected chi connectivity index (χ0v) is 15.8. The summed E-state index contributed by atoms with van der Waals surface area (Å²) in [6.45, 7) is 2.11. The van der Waals surface area contributed by atoms with E-state index < -0.39 is 12.0 Å². The molecule has 0 N–H and O–H groups in total. The van der Waals surface area contributed by atoms with Gasteiger partial charge in [-0.3, -0.25) is 14.4 Å². The average molecular weight is 385 g/mol. The Kier molecular flexibility index (Phi) is 4.89. The topological polar surface area (TPSA) is 49.9 Å². The molecular weight excluding hydrogens is 364 g/mol. The number of halogens is 1. The van der Waals surface area contributed by atoms with E-state index in [9.17, 15) is 9.59 Å². The molecule has 2 amide bonds. The van der Waals surface area contributed by atoms with E-state index in [-0.39, 0.29) is 17.9 Å². The fourth-order valence-electron chi connectivity index (χ4n) is 3.87. The van der Waals surface area contributed by atoms with Gasteiger partial charge in [0, 0.05) is 5.02 Å². The van der Waals surface area contributed by atoms with E-state index in [0.29, 0.717) is 10.7 Å². The Morgan fingerprint density at radius 2 is 1.67 bits per heavy atom. The second-order valence-corrected chi connectivity index (χ2v) is 7.35. The predicted molar refractivity (Wildman–Crippen MR) is 105 cm³/mol. The first kappa shape index (κ1) is 18.0. The van der Waals surface area contributed by atoms with Crippen LogP contribution in [0, 0.1) is 5.92 Å². The van der Waals surface area contributed by atoms with Gasteiger partial charge in [-0.25, -0.2) is 9.96 Å². The number of hydrogen-bond acceptors (Lipinski definition) is 4. The monoisotopic (exact) mass is 384 g/mol. The molecule has 2 fully saturated rings. The molecule has 27 heavy (non-hydrogen) atoms.